The van der Waals surface area contributed by atoms with Crippen LogP contribution in [0.3, 0.4) is 0 Å². The van der Waals surface area contributed by atoms with Gasteiger partial charge in [-0.25, -0.2) is 32.0 Å². The molecule has 2 aromatic carbocycles. The number of aromatic nitrogens is 2. The third-order valence-corrected chi connectivity index (χ3v) is 9.33. The van der Waals surface area contributed by atoms with Gasteiger partial charge in [-0.1, -0.05) is 12.1 Å². The van der Waals surface area contributed by atoms with Crippen LogP contribution in [0.15, 0.2) is 47.5 Å². The summed E-state index contributed by atoms with van der Waals surface area (Å²) < 4.78 is 68.8. The van der Waals surface area contributed by atoms with Crippen LogP contribution in [0.25, 0.3) is 11.3 Å². The van der Waals surface area contributed by atoms with Gasteiger partial charge in [0.05, 0.1) is 23.3 Å². The fourth-order valence-corrected chi connectivity index (χ4v) is 6.64. The fraction of sp³-hybridized carbons (Fsp3) is 0.452. The minimum atomic E-state index is -3.78. The Morgan fingerprint density at radius 1 is 1.02 bits per heavy atom. The normalized spacial score (nSPS) is 16.1. The summed E-state index contributed by atoms with van der Waals surface area (Å²) in [6, 6.07) is 9.32. The molecule has 0 aliphatic carbocycles. The molecule has 10 nitrogen and oxygen atoms in total. The number of piperazine rings is 1. The van der Waals surface area contributed by atoms with Crippen LogP contribution in [-0.2, 0) is 21.2 Å². The fourth-order valence-electron chi connectivity index (χ4n) is 5.21. The number of hydrogen-bond acceptors (Lipinski definition) is 8. The van der Waals surface area contributed by atoms with Crippen molar-refractivity contribution in [2.45, 2.75) is 57.6 Å². The van der Waals surface area contributed by atoms with Crippen molar-refractivity contribution in [2.24, 2.45) is 0 Å². The van der Waals surface area contributed by atoms with Crippen molar-refractivity contribution >= 4 is 21.8 Å². The molecule has 1 fully saturated rings. The number of amides is 1. The summed E-state index contributed by atoms with van der Waals surface area (Å²) in [5.41, 5.74) is 0.866. The lowest BCUT2D eigenvalue weighted by Crippen LogP contribution is -2.51. The van der Waals surface area contributed by atoms with Gasteiger partial charge in [0.1, 0.15) is 23.7 Å². The molecule has 236 valence electrons. The van der Waals surface area contributed by atoms with Crippen LogP contribution >= 0.6 is 0 Å². The highest BCUT2D eigenvalue weighted by atomic mass is 32.2. The SMILES string of the molecule is CC(C)N1CCOc2c(F)cc(-c3nc(Cc4ccc(S(=O)(=O)N5CCN(C(=O)OC(C)(C)C)CC5)cc4)ncc3F)cc21. The Kier molecular flexibility index (Phi) is 8.81. The highest BCUT2D eigenvalue weighted by Crippen LogP contribution is 2.39. The van der Waals surface area contributed by atoms with Crippen molar-refractivity contribution in [3.63, 3.8) is 0 Å². The molecule has 13 heteroatoms. The molecule has 0 N–H and O–H groups in total. The number of carbonyl (C=O) groups excluding carboxylic acids is 1. The number of sulfonamides is 1. The molecule has 0 spiro atoms. The van der Waals surface area contributed by atoms with Gasteiger partial charge in [-0.3, -0.25) is 0 Å². The summed E-state index contributed by atoms with van der Waals surface area (Å²) in [7, 11) is -3.78. The molecule has 3 heterocycles. The van der Waals surface area contributed by atoms with E-state index in [1.807, 2.05) is 18.7 Å². The van der Waals surface area contributed by atoms with E-state index in [0.717, 1.165) is 6.20 Å². The minimum Gasteiger partial charge on any atom is -0.486 e. The Hall–Kier alpha value is -3.84. The zero-order valence-electron chi connectivity index (χ0n) is 25.5. The molecule has 5 rings (SSSR count). The van der Waals surface area contributed by atoms with Crippen LogP contribution in [0, 0.1) is 11.6 Å². The average Bonchev–Trinajstić information content (AvgIpc) is 2.97. The number of anilines is 1. The van der Waals surface area contributed by atoms with Crippen molar-refractivity contribution in [1.82, 2.24) is 19.2 Å². The molecule has 1 aromatic heterocycles. The number of rotatable bonds is 6. The predicted molar refractivity (Wildman–Crippen MR) is 161 cm³/mol. The zero-order chi connectivity index (χ0) is 31.8. The lowest BCUT2D eigenvalue weighted by Gasteiger charge is -2.35. The van der Waals surface area contributed by atoms with E-state index in [0.29, 0.717) is 30.2 Å². The van der Waals surface area contributed by atoms with Gasteiger partial charge in [-0.2, -0.15) is 4.31 Å². The summed E-state index contributed by atoms with van der Waals surface area (Å²) in [6.45, 7) is 11.0. The second-order valence-corrected chi connectivity index (χ2v) is 14.1. The Morgan fingerprint density at radius 2 is 1.70 bits per heavy atom. The van der Waals surface area contributed by atoms with E-state index < -0.39 is 33.4 Å². The number of fused-ring (bicyclic) bond motifs is 1. The van der Waals surface area contributed by atoms with Crippen LogP contribution < -0.4 is 9.64 Å². The topological polar surface area (TPSA) is 105 Å². The Morgan fingerprint density at radius 3 is 2.34 bits per heavy atom. The highest BCUT2D eigenvalue weighted by Gasteiger charge is 2.32. The number of carbonyl (C=O) groups is 1. The molecule has 2 aliphatic rings. The molecule has 0 bridgehead atoms. The van der Waals surface area contributed by atoms with E-state index in [2.05, 4.69) is 9.97 Å². The summed E-state index contributed by atoms with van der Waals surface area (Å²) in [4.78, 5) is 24.5. The van der Waals surface area contributed by atoms with E-state index in [9.17, 15) is 17.6 Å². The van der Waals surface area contributed by atoms with Crippen LogP contribution in [-0.4, -0.2) is 84.7 Å². The largest absolute Gasteiger partial charge is 0.486 e. The van der Waals surface area contributed by atoms with Gasteiger partial charge in [-0.05, 0) is 64.4 Å². The first-order valence-corrected chi connectivity index (χ1v) is 16.0. The lowest BCUT2D eigenvalue weighted by atomic mass is 10.1. The zero-order valence-corrected chi connectivity index (χ0v) is 26.3. The summed E-state index contributed by atoms with van der Waals surface area (Å²) in [5.74, 6) is -0.840. The van der Waals surface area contributed by atoms with E-state index in [1.165, 1.54) is 27.4 Å². The van der Waals surface area contributed by atoms with Crippen LogP contribution in [0.4, 0.5) is 19.3 Å². The van der Waals surface area contributed by atoms with Gasteiger partial charge >= 0.3 is 6.09 Å². The second-order valence-electron chi connectivity index (χ2n) is 12.1. The molecular formula is C31H37F2N5O5S. The Labute approximate surface area is 256 Å². The van der Waals surface area contributed by atoms with Crippen molar-refractivity contribution < 1.29 is 31.5 Å². The van der Waals surface area contributed by atoms with Crippen molar-refractivity contribution in [3.8, 4) is 17.0 Å². The van der Waals surface area contributed by atoms with Gasteiger partial charge in [0.25, 0.3) is 0 Å². The van der Waals surface area contributed by atoms with Crippen molar-refractivity contribution in [2.75, 3.05) is 44.2 Å². The van der Waals surface area contributed by atoms with E-state index in [4.69, 9.17) is 9.47 Å². The predicted octanol–water partition coefficient (Wildman–Crippen LogP) is 4.86. The number of nitrogens with zero attached hydrogens (tertiary/aromatic N) is 5. The molecule has 44 heavy (non-hydrogen) atoms. The summed E-state index contributed by atoms with van der Waals surface area (Å²) in [6.07, 6.45) is 0.798. The molecule has 3 aromatic rings. The van der Waals surface area contributed by atoms with E-state index in [1.54, 1.807) is 39.0 Å². The number of hydrogen-bond donors (Lipinski definition) is 0. The lowest BCUT2D eigenvalue weighted by molar-refractivity contribution is 0.0192. The maximum atomic E-state index is 15.0. The van der Waals surface area contributed by atoms with Gasteiger partial charge < -0.3 is 19.3 Å². The first-order valence-electron chi connectivity index (χ1n) is 14.5. The number of benzene rings is 2. The van der Waals surface area contributed by atoms with Gasteiger partial charge in [-0.15, -0.1) is 0 Å². The van der Waals surface area contributed by atoms with Crippen molar-refractivity contribution in [3.05, 3.63) is 65.6 Å². The van der Waals surface area contributed by atoms with Crippen LogP contribution in [0.5, 0.6) is 5.75 Å². The molecule has 1 amide bonds. The quantitative estimate of drug-likeness (QED) is 0.381. The van der Waals surface area contributed by atoms with E-state index >= 15 is 4.39 Å². The second kappa shape index (κ2) is 12.3. The van der Waals surface area contributed by atoms with Crippen molar-refractivity contribution in [1.29, 1.82) is 0 Å². The smallest absolute Gasteiger partial charge is 0.410 e. The third kappa shape index (κ3) is 6.78. The van der Waals surface area contributed by atoms with Crippen LogP contribution in [0.2, 0.25) is 0 Å². The Balaban J connectivity index is 1.29. The highest BCUT2D eigenvalue weighted by molar-refractivity contribution is 7.89. The third-order valence-electron chi connectivity index (χ3n) is 7.42. The first-order chi connectivity index (χ1) is 20.7. The first kappa shape index (κ1) is 31.6. The molecule has 0 saturated carbocycles. The average molecular weight is 630 g/mol. The molecule has 0 unspecified atom stereocenters. The summed E-state index contributed by atoms with van der Waals surface area (Å²) in [5, 5.41) is 0. The standard InChI is InChI=1S/C31H37F2N5O5S/c1-20(2)38-14-15-42-29-24(32)17-22(18-26(29)38)28-25(33)19-34-27(35-28)16-21-6-8-23(9-7-21)44(40,41)37-12-10-36(11-13-37)30(39)43-31(3,4)5/h6-9,17-20H,10-16H2,1-5H3. The van der Waals surface area contributed by atoms with Gasteiger partial charge in [0, 0.05) is 44.2 Å². The van der Waals surface area contributed by atoms with Crippen LogP contribution in [0.1, 0.15) is 46.0 Å². The minimum absolute atomic E-state index is 0.0318. The molecular weight excluding hydrogens is 592 g/mol. The Bertz CT molecular complexity index is 1640. The monoisotopic (exact) mass is 629 g/mol. The number of ether oxygens (including phenoxy) is 2. The maximum Gasteiger partial charge on any atom is 0.410 e. The molecule has 0 atom stereocenters. The number of halogens is 2. The molecule has 0 radical (unpaired) electrons. The van der Waals surface area contributed by atoms with Gasteiger partial charge in [0.2, 0.25) is 10.0 Å². The maximum absolute atomic E-state index is 15.0. The van der Waals surface area contributed by atoms with E-state index in [-0.39, 0.29) is 60.5 Å². The molecule has 1 saturated heterocycles. The van der Waals surface area contributed by atoms with Gasteiger partial charge in [0.15, 0.2) is 17.4 Å². The summed E-state index contributed by atoms with van der Waals surface area (Å²) >= 11 is 0. The molecule has 2 aliphatic heterocycles.